The van der Waals surface area contributed by atoms with E-state index >= 15 is 0 Å². The van der Waals surface area contributed by atoms with E-state index in [0.717, 1.165) is 21.7 Å². The van der Waals surface area contributed by atoms with Gasteiger partial charge in [-0.05, 0) is 18.2 Å². The van der Waals surface area contributed by atoms with Crippen LogP contribution in [0.4, 0.5) is 0 Å². The lowest BCUT2D eigenvalue weighted by molar-refractivity contribution is -0.131. The lowest BCUT2D eigenvalue weighted by Gasteiger charge is -2.11. The summed E-state index contributed by atoms with van der Waals surface area (Å²) in [6.45, 7) is 1.39. The third-order valence-corrected chi connectivity index (χ3v) is 3.59. The van der Waals surface area contributed by atoms with E-state index in [0.29, 0.717) is 17.1 Å². The Morgan fingerprint density at radius 2 is 1.73 bits per heavy atom. The number of esters is 1. The minimum absolute atomic E-state index is 0.363. The quantitative estimate of drug-likeness (QED) is 0.394. The Morgan fingerprint density at radius 1 is 0.909 bits per heavy atom. The molecule has 2 aromatic carbocycles. The molecule has 4 aromatic rings. The Labute approximate surface area is 125 Å². The number of furan rings is 2. The molecule has 0 radical (unpaired) electrons. The Bertz CT molecular complexity index is 977. The topological polar surface area (TPSA) is 52.6 Å². The summed E-state index contributed by atoms with van der Waals surface area (Å²) in [4.78, 5) is 11.5. The van der Waals surface area contributed by atoms with E-state index in [4.69, 9.17) is 13.6 Å². The summed E-state index contributed by atoms with van der Waals surface area (Å²) in [5.41, 5.74) is 1.50. The number of ether oxygens (including phenoxy) is 1. The van der Waals surface area contributed by atoms with Gasteiger partial charge in [0, 0.05) is 17.7 Å². The van der Waals surface area contributed by atoms with E-state index < -0.39 is 0 Å². The maximum absolute atomic E-state index is 11.5. The predicted octanol–water partition coefficient (Wildman–Crippen LogP) is 4.77. The smallest absolute Gasteiger partial charge is 0.308 e. The third kappa shape index (κ3) is 1.81. The fraction of sp³-hybridized carbons (Fsp3) is 0.0556. The minimum Gasteiger partial charge on any atom is -0.464 e. The van der Waals surface area contributed by atoms with Crippen LogP contribution in [0.3, 0.4) is 0 Å². The molecule has 0 amide bonds. The van der Waals surface area contributed by atoms with Crippen molar-refractivity contribution in [3.05, 3.63) is 55.0 Å². The molecule has 0 saturated carbocycles. The fourth-order valence-corrected chi connectivity index (χ4v) is 2.77. The summed E-state index contributed by atoms with van der Waals surface area (Å²) < 4.78 is 16.7. The highest BCUT2D eigenvalue weighted by atomic mass is 16.5. The highest BCUT2D eigenvalue weighted by Crippen LogP contribution is 2.43. The number of carbonyl (C=O) groups is 1. The molecule has 0 aliphatic rings. The van der Waals surface area contributed by atoms with Gasteiger partial charge < -0.3 is 13.6 Å². The molecular weight excluding hydrogens is 280 g/mol. The standard InChI is InChI=1S/C18H12O4/c1-11(19)22-17-13-6-3-2-5-12(13)16(15-7-4-9-20-15)18-14(17)8-10-21-18/h2-10H,1H3. The van der Waals surface area contributed by atoms with E-state index in [9.17, 15) is 4.79 Å². The van der Waals surface area contributed by atoms with Gasteiger partial charge in [-0.3, -0.25) is 4.79 Å². The van der Waals surface area contributed by atoms with Crippen molar-refractivity contribution in [2.45, 2.75) is 6.92 Å². The van der Waals surface area contributed by atoms with Crippen LogP contribution in [-0.4, -0.2) is 5.97 Å². The van der Waals surface area contributed by atoms with Crippen molar-refractivity contribution >= 4 is 27.7 Å². The lowest BCUT2D eigenvalue weighted by atomic mass is 9.99. The van der Waals surface area contributed by atoms with Crippen LogP contribution in [0, 0.1) is 0 Å². The van der Waals surface area contributed by atoms with Crippen molar-refractivity contribution in [2.75, 3.05) is 0 Å². The molecule has 2 heterocycles. The summed E-state index contributed by atoms with van der Waals surface area (Å²) in [5.74, 6) is 0.867. The van der Waals surface area contributed by atoms with Gasteiger partial charge >= 0.3 is 5.97 Å². The maximum atomic E-state index is 11.5. The Balaban J connectivity index is 2.20. The number of carbonyl (C=O) groups excluding carboxylic acids is 1. The van der Waals surface area contributed by atoms with Gasteiger partial charge in [-0.1, -0.05) is 24.3 Å². The average molecular weight is 292 g/mol. The molecule has 0 bridgehead atoms. The normalized spacial score (nSPS) is 11.1. The SMILES string of the molecule is CC(=O)Oc1c2ccccc2c(-c2ccco2)c2occc12. The summed E-state index contributed by atoms with van der Waals surface area (Å²) in [6.07, 6.45) is 3.21. The summed E-state index contributed by atoms with van der Waals surface area (Å²) >= 11 is 0. The molecule has 0 spiro atoms. The van der Waals surface area contributed by atoms with E-state index in [1.165, 1.54) is 6.92 Å². The largest absolute Gasteiger partial charge is 0.464 e. The average Bonchev–Trinajstić information content (AvgIpc) is 3.17. The maximum Gasteiger partial charge on any atom is 0.308 e. The number of hydrogen-bond acceptors (Lipinski definition) is 4. The highest BCUT2D eigenvalue weighted by Gasteiger charge is 2.20. The summed E-state index contributed by atoms with van der Waals surface area (Å²) in [6, 6.07) is 13.2. The Morgan fingerprint density at radius 3 is 2.45 bits per heavy atom. The number of hydrogen-bond donors (Lipinski definition) is 0. The molecule has 0 unspecified atom stereocenters. The van der Waals surface area contributed by atoms with Crippen LogP contribution in [0.2, 0.25) is 0 Å². The highest BCUT2D eigenvalue weighted by molar-refractivity contribution is 6.14. The molecular formula is C18H12O4. The molecule has 4 rings (SSSR count). The number of benzene rings is 2. The fourth-order valence-electron chi connectivity index (χ4n) is 2.77. The molecule has 108 valence electrons. The van der Waals surface area contributed by atoms with Crippen LogP contribution in [0.15, 0.2) is 63.8 Å². The zero-order chi connectivity index (χ0) is 15.1. The van der Waals surface area contributed by atoms with Gasteiger partial charge in [0.15, 0.2) is 0 Å². The first-order valence-electron chi connectivity index (χ1n) is 6.90. The van der Waals surface area contributed by atoms with Crippen LogP contribution in [0.1, 0.15) is 6.92 Å². The van der Waals surface area contributed by atoms with Crippen LogP contribution in [-0.2, 0) is 4.79 Å². The van der Waals surface area contributed by atoms with Gasteiger partial charge in [-0.2, -0.15) is 0 Å². The lowest BCUT2D eigenvalue weighted by Crippen LogP contribution is -2.02. The second kappa shape index (κ2) is 4.77. The van der Waals surface area contributed by atoms with E-state index in [-0.39, 0.29) is 5.97 Å². The number of rotatable bonds is 2. The molecule has 0 fully saturated rings. The van der Waals surface area contributed by atoms with Crippen LogP contribution in [0.25, 0.3) is 33.1 Å². The van der Waals surface area contributed by atoms with Crippen molar-refractivity contribution < 1.29 is 18.4 Å². The van der Waals surface area contributed by atoms with Gasteiger partial charge in [0.1, 0.15) is 17.1 Å². The van der Waals surface area contributed by atoms with E-state index in [1.807, 2.05) is 36.4 Å². The molecule has 0 aliphatic heterocycles. The summed E-state index contributed by atoms with van der Waals surface area (Å²) in [7, 11) is 0. The van der Waals surface area contributed by atoms with Gasteiger partial charge in [0.05, 0.1) is 23.5 Å². The molecule has 2 aromatic heterocycles. The second-order valence-corrected chi connectivity index (χ2v) is 4.98. The van der Waals surface area contributed by atoms with Crippen LogP contribution < -0.4 is 4.74 Å². The minimum atomic E-state index is -0.363. The molecule has 0 N–H and O–H groups in total. The molecule has 0 saturated heterocycles. The first kappa shape index (κ1) is 12.7. The van der Waals surface area contributed by atoms with Crippen molar-refractivity contribution in [2.24, 2.45) is 0 Å². The van der Waals surface area contributed by atoms with Gasteiger partial charge in [-0.15, -0.1) is 0 Å². The van der Waals surface area contributed by atoms with Gasteiger partial charge in [0.2, 0.25) is 0 Å². The van der Waals surface area contributed by atoms with Crippen molar-refractivity contribution in [1.29, 1.82) is 0 Å². The zero-order valence-corrected chi connectivity index (χ0v) is 11.8. The van der Waals surface area contributed by atoms with Crippen molar-refractivity contribution in [1.82, 2.24) is 0 Å². The predicted molar refractivity (Wildman–Crippen MR) is 82.7 cm³/mol. The monoisotopic (exact) mass is 292 g/mol. The van der Waals surface area contributed by atoms with Crippen molar-refractivity contribution in [3.63, 3.8) is 0 Å². The summed E-state index contributed by atoms with van der Waals surface area (Å²) in [5, 5.41) is 2.51. The molecule has 4 nitrogen and oxygen atoms in total. The Hall–Kier alpha value is -3.01. The molecule has 0 aliphatic carbocycles. The molecule has 0 atom stereocenters. The van der Waals surface area contributed by atoms with E-state index in [1.54, 1.807) is 18.6 Å². The second-order valence-electron chi connectivity index (χ2n) is 4.98. The third-order valence-electron chi connectivity index (χ3n) is 3.59. The van der Waals surface area contributed by atoms with Gasteiger partial charge in [0.25, 0.3) is 0 Å². The molecule has 22 heavy (non-hydrogen) atoms. The zero-order valence-electron chi connectivity index (χ0n) is 11.8. The van der Waals surface area contributed by atoms with Crippen LogP contribution >= 0.6 is 0 Å². The molecule has 4 heteroatoms. The van der Waals surface area contributed by atoms with E-state index in [2.05, 4.69) is 0 Å². The Kier molecular flexibility index (Phi) is 2.76. The first-order valence-corrected chi connectivity index (χ1v) is 6.90. The van der Waals surface area contributed by atoms with Crippen molar-refractivity contribution in [3.8, 4) is 17.1 Å². The van der Waals surface area contributed by atoms with Crippen LogP contribution in [0.5, 0.6) is 5.75 Å². The first-order chi connectivity index (χ1) is 10.8. The number of fused-ring (bicyclic) bond motifs is 2. The van der Waals surface area contributed by atoms with Gasteiger partial charge in [-0.25, -0.2) is 0 Å².